The lowest BCUT2D eigenvalue weighted by Gasteiger charge is -2.34. The largest absolute Gasteiger partial charge is 0.301 e. The van der Waals surface area contributed by atoms with E-state index in [0.29, 0.717) is 5.78 Å². The van der Waals surface area contributed by atoms with Crippen molar-refractivity contribution in [2.75, 3.05) is 32.7 Å². The molecule has 3 nitrogen and oxygen atoms in total. The molecule has 0 spiro atoms. The molecule has 0 aromatic heterocycles. The Hall–Kier alpha value is -1.19. The molecule has 2 rings (SSSR count). The summed E-state index contributed by atoms with van der Waals surface area (Å²) in [5, 5.41) is 0. The average molecular weight is 316 g/mol. The van der Waals surface area contributed by atoms with Gasteiger partial charge in [-0.25, -0.2) is 0 Å². The Morgan fingerprint density at radius 3 is 2.22 bits per heavy atom. The normalized spacial score (nSPS) is 16.9. The molecule has 128 valence electrons. The smallest absolute Gasteiger partial charge is 0.135 e. The Bertz CT molecular complexity index is 473. The summed E-state index contributed by atoms with van der Waals surface area (Å²) < 4.78 is 0. The fourth-order valence-electron chi connectivity index (χ4n) is 3.05. The minimum atomic E-state index is 0.195. The van der Waals surface area contributed by atoms with Crippen molar-refractivity contribution in [3.63, 3.8) is 0 Å². The summed E-state index contributed by atoms with van der Waals surface area (Å²) in [6.07, 6.45) is 2.95. The first-order valence-corrected chi connectivity index (χ1v) is 9.07. The molecule has 0 aliphatic carbocycles. The first-order valence-electron chi connectivity index (χ1n) is 9.07. The van der Waals surface area contributed by atoms with Crippen molar-refractivity contribution in [1.29, 1.82) is 0 Å². The van der Waals surface area contributed by atoms with Gasteiger partial charge in [-0.3, -0.25) is 9.69 Å². The van der Waals surface area contributed by atoms with Gasteiger partial charge < -0.3 is 4.90 Å². The van der Waals surface area contributed by atoms with E-state index < -0.39 is 0 Å². The standard InChI is InChI=1S/C20H32N2O/c1-17(2)20(23)6-4-5-11-21-12-14-22(15-13-21)16-19-9-7-18(3)8-10-19/h7-10,17H,4-6,11-16H2,1-3H3. The fourth-order valence-corrected chi connectivity index (χ4v) is 3.05. The molecule has 1 aliphatic heterocycles. The van der Waals surface area contributed by atoms with Gasteiger partial charge in [0.15, 0.2) is 0 Å². The lowest BCUT2D eigenvalue weighted by Crippen LogP contribution is -2.46. The molecule has 23 heavy (non-hydrogen) atoms. The van der Waals surface area contributed by atoms with Crippen LogP contribution in [0.15, 0.2) is 24.3 Å². The minimum Gasteiger partial charge on any atom is -0.301 e. The van der Waals surface area contributed by atoms with Crippen molar-refractivity contribution >= 4 is 5.78 Å². The molecule has 0 bridgehead atoms. The Morgan fingerprint density at radius 1 is 1.00 bits per heavy atom. The monoisotopic (exact) mass is 316 g/mol. The number of ketones is 1. The van der Waals surface area contributed by atoms with Crippen LogP contribution in [-0.4, -0.2) is 48.3 Å². The van der Waals surface area contributed by atoms with Crippen LogP contribution < -0.4 is 0 Å². The van der Waals surface area contributed by atoms with Gasteiger partial charge in [-0.15, -0.1) is 0 Å². The molecule has 1 aromatic rings. The summed E-state index contributed by atoms with van der Waals surface area (Å²) in [5.41, 5.74) is 2.74. The molecule has 1 fully saturated rings. The van der Waals surface area contributed by atoms with E-state index >= 15 is 0 Å². The van der Waals surface area contributed by atoms with Gasteiger partial charge >= 0.3 is 0 Å². The summed E-state index contributed by atoms with van der Waals surface area (Å²) in [4.78, 5) is 16.7. The molecule has 1 aromatic carbocycles. The molecule has 1 saturated heterocycles. The fraction of sp³-hybridized carbons (Fsp3) is 0.650. The maximum Gasteiger partial charge on any atom is 0.135 e. The van der Waals surface area contributed by atoms with E-state index in [9.17, 15) is 4.79 Å². The summed E-state index contributed by atoms with van der Waals surface area (Å²) in [6.45, 7) is 13.0. The number of unbranched alkanes of at least 4 members (excludes halogenated alkanes) is 1. The van der Waals surface area contributed by atoms with Crippen LogP contribution in [0.2, 0.25) is 0 Å². The van der Waals surface area contributed by atoms with Gasteiger partial charge in [0.1, 0.15) is 5.78 Å². The zero-order chi connectivity index (χ0) is 16.7. The van der Waals surface area contributed by atoms with Crippen molar-refractivity contribution < 1.29 is 4.79 Å². The van der Waals surface area contributed by atoms with Gasteiger partial charge in [0, 0.05) is 45.1 Å². The van der Waals surface area contributed by atoms with Crippen LogP contribution in [0.4, 0.5) is 0 Å². The first kappa shape index (κ1) is 18.2. The highest BCUT2D eigenvalue weighted by Crippen LogP contribution is 2.11. The molecule has 0 amide bonds. The number of benzene rings is 1. The number of Topliss-reactive ketones (excluding diaryl/α,β-unsaturated/α-hetero) is 1. The molecule has 1 heterocycles. The lowest BCUT2D eigenvalue weighted by molar-refractivity contribution is -0.122. The number of rotatable bonds is 8. The van der Waals surface area contributed by atoms with Crippen LogP contribution in [0.1, 0.15) is 44.2 Å². The molecule has 0 saturated carbocycles. The first-order chi connectivity index (χ1) is 11.0. The van der Waals surface area contributed by atoms with E-state index in [1.54, 1.807) is 0 Å². The number of carbonyl (C=O) groups excluding carboxylic acids is 1. The highest BCUT2D eigenvalue weighted by atomic mass is 16.1. The molecule has 0 atom stereocenters. The summed E-state index contributed by atoms with van der Waals surface area (Å²) in [7, 11) is 0. The SMILES string of the molecule is Cc1ccc(CN2CCN(CCCCC(=O)C(C)C)CC2)cc1. The van der Waals surface area contributed by atoms with E-state index in [1.807, 2.05) is 13.8 Å². The quantitative estimate of drug-likeness (QED) is 0.686. The highest BCUT2D eigenvalue weighted by molar-refractivity contribution is 5.80. The van der Waals surface area contributed by atoms with Crippen molar-refractivity contribution in [3.05, 3.63) is 35.4 Å². The maximum absolute atomic E-state index is 11.6. The van der Waals surface area contributed by atoms with Crippen molar-refractivity contribution in [2.24, 2.45) is 5.92 Å². The van der Waals surface area contributed by atoms with Gasteiger partial charge in [-0.05, 0) is 31.9 Å². The van der Waals surface area contributed by atoms with Crippen LogP contribution in [-0.2, 0) is 11.3 Å². The number of piperazine rings is 1. The van der Waals surface area contributed by atoms with E-state index in [2.05, 4.69) is 41.0 Å². The second-order valence-electron chi connectivity index (χ2n) is 7.18. The van der Waals surface area contributed by atoms with Crippen molar-refractivity contribution in [3.8, 4) is 0 Å². The Morgan fingerprint density at radius 2 is 1.61 bits per heavy atom. The second-order valence-corrected chi connectivity index (χ2v) is 7.18. The number of carbonyl (C=O) groups is 1. The van der Waals surface area contributed by atoms with Gasteiger partial charge in [0.25, 0.3) is 0 Å². The van der Waals surface area contributed by atoms with E-state index in [1.165, 1.54) is 11.1 Å². The predicted octanol–water partition coefficient (Wildman–Crippen LogP) is 3.51. The van der Waals surface area contributed by atoms with Crippen LogP contribution >= 0.6 is 0 Å². The zero-order valence-corrected chi connectivity index (χ0v) is 15.1. The molecule has 0 N–H and O–H groups in total. The molecular weight excluding hydrogens is 284 g/mol. The number of hydrogen-bond donors (Lipinski definition) is 0. The molecule has 0 unspecified atom stereocenters. The Balaban J connectivity index is 1.60. The number of aryl methyl sites for hydroxylation is 1. The second kappa shape index (κ2) is 9.19. The van der Waals surface area contributed by atoms with Gasteiger partial charge in [-0.1, -0.05) is 43.7 Å². The molecule has 1 aliphatic rings. The molecule has 3 heteroatoms. The molecular formula is C20H32N2O. The van der Waals surface area contributed by atoms with E-state index in [4.69, 9.17) is 0 Å². The highest BCUT2D eigenvalue weighted by Gasteiger charge is 2.16. The van der Waals surface area contributed by atoms with Crippen LogP contribution in [0.3, 0.4) is 0 Å². The Kier molecular flexibility index (Phi) is 7.25. The predicted molar refractivity (Wildman–Crippen MR) is 96.6 cm³/mol. The summed E-state index contributed by atoms with van der Waals surface area (Å²) >= 11 is 0. The lowest BCUT2D eigenvalue weighted by atomic mass is 10.0. The summed E-state index contributed by atoms with van der Waals surface area (Å²) in [5.74, 6) is 0.605. The minimum absolute atomic E-state index is 0.195. The van der Waals surface area contributed by atoms with Crippen LogP contribution in [0.5, 0.6) is 0 Å². The average Bonchev–Trinajstić information content (AvgIpc) is 2.55. The van der Waals surface area contributed by atoms with E-state index in [0.717, 1.165) is 58.5 Å². The van der Waals surface area contributed by atoms with E-state index in [-0.39, 0.29) is 5.92 Å². The third-order valence-corrected chi connectivity index (χ3v) is 4.78. The number of hydrogen-bond acceptors (Lipinski definition) is 3. The van der Waals surface area contributed by atoms with Crippen LogP contribution in [0, 0.1) is 12.8 Å². The van der Waals surface area contributed by atoms with Crippen molar-refractivity contribution in [1.82, 2.24) is 9.80 Å². The third kappa shape index (κ3) is 6.44. The third-order valence-electron chi connectivity index (χ3n) is 4.78. The summed E-state index contributed by atoms with van der Waals surface area (Å²) in [6, 6.07) is 8.88. The zero-order valence-electron chi connectivity index (χ0n) is 15.1. The Labute approximate surface area is 141 Å². The van der Waals surface area contributed by atoms with Crippen molar-refractivity contribution in [2.45, 2.75) is 46.6 Å². The maximum atomic E-state index is 11.6. The van der Waals surface area contributed by atoms with Gasteiger partial charge in [0.2, 0.25) is 0 Å². The van der Waals surface area contributed by atoms with Gasteiger partial charge in [0.05, 0.1) is 0 Å². The van der Waals surface area contributed by atoms with Gasteiger partial charge in [-0.2, -0.15) is 0 Å². The number of nitrogens with zero attached hydrogens (tertiary/aromatic N) is 2. The topological polar surface area (TPSA) is 23.6 Å². The van der Waals surface area contributed by atoms with Crippen LogP contribution in [0.25, 0.3) is 0 Å². The molecule has 0 radical (unpaired) electrons.